The maximum absolute atomic E-state index is 2.47. The predicted octanol–water partition coefficient (Wildman–Crippen LogP) is 6.41. The Labute approximate surface area is 149 Å². The first-order valence-corrected chi connectivity index (χ1v) is 8.94. The highest BCUT2D eigenvalue weighted by molar-refractivity contribution is 14.1. The molecule has 0 aliphatic rings. The van der Waals surface area contributed by atoms with Crippen molar-refractivity contribution in [3.63, 3.8) is 0 Å². The average Bonchev–Trinajstić information content (AvgIpc) is 2.37. The third kappa shape index (κ3) is 2.65. The molecule has 0 unspecified atom stereocenters. The van der Waals surface area contributed by atoms with E-state index in [4.69, 9.17) is 0 Å². The van der Waals surface area contributed by atoms with Gasteiger partial charge in [-0.05, 0) is 131 Å². The average molecular weight is 490 g/mol. The first-order chi connectivity index (χ1) is 9.25. The lowest BCUT2D eigenvalue weighted by molar-refractivity contribution is 1.24. The van der Waals surface area contributed by atoms with Crippen molar-refractivity contribution in [2.24, 2.45) is 0 Å². The molecule has 0 saturated heterocycles. The molecule has 0 aliphatic carbocycles. The summed E-state index contributed by atoms with van der Waals surface area (Å²) in [4.78, 5) is 0. The van der Waals surface area contributed by atoms with Gasteiger partial charge in [-0.1, -0.05) is 12.1 Å². The van der Waals surface area contributed by atoms with Crippen molar-refractivity contribution < 1.29 is 0 Å². The highest BCUT2D eigenvalue weighted by Crippen LogP contribution is 2.38. The summed E-state index contributed by atoms with van der Waals surface area (Å²) >= 11 is 4.95. The highest BCUT2D eigenvalue weighted by Gasteiger charge is 2.17. The lowest BCUT2D eigenvalue weighted by Crippen LogP contribution is -2.01. The molecule has 0 N–H and O–H groups in total. The largest absolute Gasteiger partial charge is 0.0547 e. The molecule has 0 atom stereocenters. The minimum absolute atomic E-state index is 1.38. The molecule has 0 nitrogen and oxygen atoms in total. The van der Waals surface area contributed by atoms with E-state index < -0.39 is 0 Å². The fraction of sp³-hybridized carbons (Fsp3) is 0.333. The van der Waals surface area contributed by atoms with Crippen LogP contribution < -0.4 is 0 Å². The standard InChI is InChI=1S/C18H20I2/c1-9-7-11(3)17(19)13(5)15(9)16-10(2)8-12(4)18(20)14(16)6/h7-8H,1-6H3. The Morgan fingerprint density at radius 1 is 0.550 bits per heavy atom. The summed E-state index contributed by atoms with van der Waals surface area (Å²) in [7, 11) is 0. The Balaban J connectivity index is 2.90. The van der Waals surface area contributed by atoms with E-state index in [1.54, 1.807) is 0 Å². The first-order valence-electron chi connectivity index (χ1n) is 6.78. The summed E-state index contributed by atoms with van der Waals surface area (Å²) in [6.07, 6.45) is 0. The van der Waals surface area contributed by atoms with Crippen molar-refractivity contribution in [2.75, 3.05) is 0 Å². The molecule has 20 heavy (non-hydrogen) atoms. The molecule has 0 aliphatic heterocycles. The molecule has 0 spiro atoms. The van der Waals surface area contributed by atoms with Crippen LogP contribution in [0.2, 0.25) is 0 Å². The number of benzene rings is 2. The van der Waals surface area contributed by atoms with Crippen LogP contribution in [0.15, 0.2) is 12.1 Å². The van der Waals surface area contributed by atoms with Gasteiger partial charge < -0.3 is 0 Å². The van der Waals surface area contributed by atoms with Crippen LogP contribution in [0.5, 0.6) is 0 Å². The van der Waals surface area contributed by atoms with E-state index in [1.807, 2.05) is 0 Å². The van der Waals surface area contributed by atoms with E-state index in [2.05, 4.69) is 98.9 Å². The second-order valence-electron chi connectivity index (χ2n) is 5.65. The van der Waals surface area contributed by atoms with E-state index >= 15 is 0 Å². The molecule has 2 aromatic carbocycles. The van der Waals surface area contributed by atoms with Crippen LogP contribution >= 0.6 is 45.2 Å². The molecule has 0 saturated carbocycles. The maximum Gasteiger partial charge on any atom is 0.0195 e. The Bertz CT molecular complexity index is 636. The third-order valence-electron chi connectivity index (χ3n) is 4.01. The maximum atomic E-state index is 2.47. The summed E-state index contributed by atoms with van der Waals surface area (Å²) in [6, 6.07) is 4.63. The Hall–Kier alpha value is -0.100. The van der Waals surface area contributed by atoms with Gasteiger partial charge in [-0.15, -0.1) is 0 Å². The predicted molar refractivity (Wildman–Crippen MR) is 106 cm³/mol. The minimum atomic E-state index is 1.38. The first kappa shape index (κ1) is 16.3. The number of halogens is 2. The van der Waals surface area contributed by atoms with Crippen LogP contribution in [0.4, 0.5) is 0 Å². The quantitative estimate of drug-likeness (QED) is 0.406. The fourth-order valence-electron chi connectivity index (χ4n) is 3.09. The van der Waals surface area contributed by atoms with Gasteiger partial charge in [0, 0.05) is 7.14 Å². The molecule has 0 heterocycles. The molecule has 2 rings (SSSR count). The van der Waals surface area contributed by atoms with Crippen LogP contribution in [-0.2, 0) is 0 Å². The van der Waals surface area contributed by atoms with Crippen LogP contribution in [0.25, 0.3) is 11.1 Å². The molecular formula is C18H20I2. The van der Waals surface area contributed by atoms with Gasteiger partial charge in [0.05, 0.1) is 0 Å². The van der Waals surface area contributed by atoms with Crippen LogP contribution in [-0.4, -0.2) is 0 Å². The SMILES string of the molecule is Cc1cc(C)c(-c2c(C)cc(C)c(I)c2C)c(C)c1I. The summed E-state index contributed by atoms with van der Waals surface area (Å²) in [5.74, 6) is 0. The fourth-order valence-corrected chi connectivity index (χ4v) is 3.94. The number of hydrogen-bond donors (Lipinski definition) is 0. The molecule has 0 aromatic heterocycles. The van der Waals surface area contributed by atoms with Gasteiger partial charge in [0.1, 0.15) is 0 Å². The van der Waals surface area contributed by atoms with Crippen molar-refractivity contribution in [3.8, 4) is 11.1 Å². The van der Waals surface area contributed by atoms with Crippen molar-refractivity contribution in [1.29, 1.82) is 0 Å². The van der Waals surface area contributed by atoms with E-state index in [0.717, 1.165) is 0 Å². The number of rotatable bonds is 1. The van der Waals surface area contributed by atoms with E-state index in [1.165, 1.54) is 51.6 Å². The molecule has 0 bridgehead atoms. The smallest absolute Gasteiger partial charge is 0.0195 e. The van der Waals surface area contributed by atoms with Gasteiger partial charge >= 0.3 is 0 Å². The van der Waals surface area contributed by atoms with Gasteiger partial charge in [0.2, 0.25) is 0 Å². The van der Waals surface area contributed by atoms with Crippen molar-refractivity contribution in [3.05, 3.63) is 52.7 Å². The van der Waals surface area contributed by atoms with Crippen LogP contribution in [0, 0.1) is 48.7 Å². The van der Waals surface area contributed by atoms with Gasteiger partial charge in [-0.2, -0.15) is 0 Å². The highest BCUT2D eigenvalue weighted by atomic mass is 127. The Morgan fingerprint density at radius 3 is 1.15 bits per heavy atom. The monoisotopic (exact) mass is 490 g/mol. The van der Waals surface area contributed by atoms with Crippen LogP contribution in [0.1, 0.15) is 33.4 Å². The van der Waals surface area contributed by atoms with E-state index in [-0.39, 0.29) is 0 Å². The molecule has 0 fully saturated rings. The second-order valence-corrected chi connectivity index (χ2v) is 7.81. The van der Waals surface area contributed by atoms with E-state index in [0.29, 0.717) is 0 Å². The number of hydrogen-bond acceptors (Lipinski definition) is 0. The van der Waals surface area contributed by atoms with Gasteiger partial charge in [-0.25, -0.2) is 0 Å². The summed E-state index contributed by atoms with van der Waals surface area (Å²) < 4.78 is 2.77. The lowest BCUT2D eigenvalue weighted by Gasteiger charge is -2.20. The van der Waals surface area contributed by atoms with Crippen LogP contribution in [0.3, 0.4) is 0 Å². The Kier molecular flexibility index (Phi) is 4.84. The van der Waals surface area contributed by atoms with Gasteiger partial charge in [0.25, 0.3) is 0 Å². The topological polar surface area (TPSA) is 0 Å². The summed E-state index contributed by atoms with van der Waals surface area (Å²) in [5.41, 5.74) is 11.2. The summed E-state index contributed by atoms with van der Waals surface area (Å²) in [6.45, 7) is 13.4. The normalized spacial score (nSPS) is 11.0. The molecule has 106 valence electrons. The molecule has 0 radical (unpaired) electrons. The van der Waals surface area contributed by atoms with Crippen molar-refractivity contribution in [1.82, 2.24) is 0 Å². The molecule has 2 heteroatoms. The second kappa shape index (κ2) is 5.95. The zero-order valence-corrected chi connectivity index (χ0v) is 17.2. The van der Waals surface area contributed by atoms with Gasteiger partial charge in [0.15, 0.2) is 0 Å². The zero-order valence-electron chi connectivity index (χ0n) is 12.9. The summed E-state index contributed by atoms with van der Waals surface area (Å²) in [5, 5.41) is 0. The Morgan fingerprint density at radius 2 is 0.850 bits per heavy atom. The molecule has 0 amide bonds. The zero-order chi connectivity index (χ0) is 15.2. The minimum Gasteiger partial charge on any atom is -0.0547 e. The molecule has 2 aromatic rings. The van der Waals surface area contributed by atoms with Crippen molar-refractivity contribution in [2.45, 2.75) is 41.5 Å². The lowest BCUT2D eigenvalue weighted by atomic mass is 9.87. The molecular weight excluding hydrogens is 470 g/mol. The van der Waals surface area contributed by atoms with Crippen molar-refractivity contribution >= 4 is 45.2 Å². The number of aryl methyl sites for hydroxylation is 4. The third-order valence-corrected chi connectivity index (χ3v) is 7.33. The van der Waals surface area contributed by atoms with E-state index in [9.17, 15) is 0 Å². The van der Waals surface area contributed by atoms with Gasteiger partial charge in [-0.3, -0.25) is 0 Å².